The fraction of sp³-hybridized carbons (Fsp3) is 0.538. The Hall–Kier alpha value is -1.13. The van der Waals surface area contributed by atoms with Gasteiger partial charge in [-0.15, -0.1) is 0 Å². The van der Waals surface area contributed by atoms with E-state index in [4.69, 9.17) is 11.6 Å². The molecule has 0 aromatic carbocycles. The molecule has 0 saturated carbocycles. The predicted molar refractivity (Wildman–Crippen MR) is 72.0 cm³/mol. The predicted octanol–water partition coefficient (Wildman–Crippen LogP) is 2.41. The number of fused-ring (bicyclic) bond motifs is 1. The van der Waals surface area contributed by atoms with Gasteiger partial charge in [-0.05, 0) is 32.0 Å². The lowest BCUT2D eigenvalue weighted by Crippen LogP contribution is -2.31. The molecule has 0 radical (unpaired) electrons. The lowest BCUT2D eigenvalue weighted by Gasteiger charge is -2.21. The Balaban J connectivity index is 1.82. The maximum atomic E-state index is 5.95. The van der Waals surface area contributed by atoms with Crippen LogP contribution in [0.1, 0.15) is 25.6 Å². The number of rotatable bonds is 3. The topological polar surface area (TPSA) is 33.4 Å². The van der Waals surface area contributed by atoms with Crippen molar-refractivity contribution >= 4 is 17.2 Å². The van der Waals surface area contributed by atoms with Gasteiger partial charge in [0.1, 0.15) is 0 Å². The Bertz CT molecular complexity index is 551. The first-order chi connectivity index (χ1) is 8.76. The number of likely N-dealkylation sites (tertiary alicyclic amines) is 1. The van der Waals surface area contributed by atoms with Gasteiger partial charge in [0.15, 0.2) is 11.5 Å². The maximum absolute atomic E-state index is 5.95. The minimum absolute atomic E-state index is 0.600. The Kier molecular flexibility index (Phi) is 3.22. The van der Waals surface area contributed by atoms with Crippen molar-refractivity contribution in [3.05, 3.63) is 29.2 Å². The molecule has 0 N–H and O–H groups in total. The normalized spacial score (nSPS) is 20.9. The second-order valence-electron chi connectivity index (χ2n) is 4.80. The van der Waals surface area contributed by atoms with Gasteiger partial charge >= 0.3 is 0 Å². The van der Waals surface area contributed by atoms with Crippen LogP contribution in [-0.2, 0) is 6.42 Å². The van der Waals surface area contributed by atoms with Crippen molar-refractivity contribution < 1.29 is 0 Å². The molecule has 0 amide bonds. The van der Waals surface area contributed by atoms with Crippen LogP contribution < -0.4 is 0 Å². The molecule has 1 unspecified atom stereocenters. The molecule has 3 heterocycles. The molecule has 0 bridgehead atoms. The standard InChI is InChI=1S/C13H17ClN4/c1-2-17-6-3-4-11(17)9-12-15-13-8-10(14)5-7-18(13)16-12/h5,7-8,11H,2-4,6,9H2,1H3. The summed E-state index contributed by atoms with van der Waals surface area (Å²) in [5.74, 6) is 0.919. The SMILES string of the molecule is CCN1CCCC1Cc1nc2cc(Cl)ccn2n1. The van der Waals surface area contributed by atoms with Gasteiger partial charge in [0.05, 0.1) is 0 Å². The highest BCUT2D eigenvalue weighted by Gasteiger charge is 2.24. The number of hydrogen-bond acceptors (Lipinski definition) is 3. The Morgan fingerprint density at radius 3 is 3.22 bits per heavy atom. The average molecular weight is 265 g/mol. The van der Waals surface area contributed by atoms with Crippen molar-refractivity contribution in [2.75, 3.05) is 13.1 Å². The molecule has 0 spiro atoms. The molecule has 5 heteroatoms. The van der Waals surface area contributed by atoms with Gasteiger partial charge in [-0.2, -0.15) is 5.10 Å². The van der Waals surface area contributed by atoms with Crippen LogP contribution in [0.4, 0.5) is 0 Å². The zero-order chi connectivity index (χ0) is 12.5. The van der Waals surface area contributed by atoms with Crippen LogP contribution in [0.25, 0.3) is 5.65 Å². The third-order valence-corrected chi connectivity index (χ3v) is 3.90. The van der Waals surface area contributed by atoms with Crippen LogP contribution >= 0.6 is 11.6 Å². The summed E-state index contributed by atoms with van der Waals surface area (Å²) in [5, 5.41) is 5.21. The third-order valence-electron chi connectivity index (χ3n) is 3.67. The van der Waals surface area contributed by atoms with Gasteiger partial charge in [0, 0.05) is 29.7 Å². The molecule has 1 aliphatic rings. The van der Waals surface area contributed by atoms with E-state index in [1.165, 1.54) is 19.4 Å². The highest BCUT2D eigenvalue weighted by molar-refractivity contribution is 6.30. The summed E-state index contributed by atoms with van der Waals surface area (Å²) in [4.78, 5) is 7.06. The van der Waals surface area contributed by atoms with Crippen molar-refractivity contribution in [3.8, 4) is 0 Å². The van der Waals surface area contributed by atoms with Crippen LogP contribution in [-0.4, -0.2) is 38.6 Å². The molecule has 2 aromatic heterocycles. The van der Waals surface area contributed by atoms with E-state index >= 15 is 0 Å². The van der Waals surface area contributed by atoms with E-state index in [-0.39, 0.29) is 0 Å². The Labute approximate surface area is 112 Å². The molecule has 3 rings (SSSR count). The average Bonchev–Trinajstić information content (AvgIpc) is 2.94. The fourth-order valence-electron chi connectivity index (χ4n) is 2.74. The van der Waals surface area contributed by atoms with E-state index < -0.39 is 0 Å². The molecular weight excluding hydrogens is 248 g/mol. The van der Waals surface area contributed by atoms with E-state index in [1.54, 1.807) is 4.52 Å². The Morgan fingerprint density at radius 1 is 1.50 bits per heavy atom. The summed E-state index contributed by atoms with van der Waals surface area (Å²) in [6, 6.07) is 4.29. The molecular formula is C13H17ClN4. The van der Waals surface area contributed by atoms with Crippen LogP contribution in [0.15, 0.2) is 18.3 Å². The Morgan fingerprint density at radius 2 is 2.39 bits per heavy atom. The molecule has 0 aliphatic carbocycles. The van der Waals surface area contributed by atoms with Gasteiger partial charge in [-0.1, -0.05) is 18.5 Å². The molecule has 18 heavy (non-hydrogen) atoms. The molecule has 4 nitrogen and oxygen atoms in total. The summed E-state index contributed by atoms with van der Waals surface area (Å²) in [7, 11) is 0. The molecule has 1 atom stereocenters. The summed E-state index contributed by atoms with van der Waals surface area (Å²) >= 11 is 5.95. The van der Waals surface area contributed by atoms with E-state index in [2.05, 4.69) is 21.9 Å². The van der Waals surface area contributed by atoms with Gasteiger partial charge < -0.3 is 4.90 Å². The minimum Gasteiger partial charge on any atom is -0.300 e. The summed E-state index contributed by atoms with van der Waals surface area (Å²) in [6.45, 7) is 4.54. The highest BCUT2D eigenvalue weighted by atomic mass is 35.5. The van der Waals surface area contributed by atoms with Crippen LogP contribution in [0.3, 0.4) is 0 Å². The number of likely N-dealkylation sites (N-methyl/N-ethyl adjacent to an activating group) is 1. The monoisotopic (exact) mass is 264 g/mol. The number of hydrogen-bond donors (Lipinski definition) is 0. The van der Waals surface area contributed by atoms with Crippen molar-refractivity contribution in [1.82, 2.24) is 19.5 Å². The third kappa shape index (κ3) is 2.22. The highest BCUT2D eigenvalue weighted by Crippen LogP contribution is 2.20. The molecule has 2 aromatic rings. The first kappa shape index (κ1) is 11.9. The second kappa shape index (κ2) is 4.86. The fourth-order valence-corrected chi connectivity index (χ4v) is 2.90. The van der Waals surface area contributed by atoms with Crippen molar-refractivity contribution in [3.63, 3.8) is 0 Å². The van der Waals surface area contributed by atoms with Gasteiger partial charge in [-0.3, -0.25) is 0 Å². The number of pyridine rings is 1. The zero-order valence-corrected chi connectivity index (χ0v) is 11.3. The van der Waals surface area contributed by atoms with Crippen molar-refractivity contribution in [1.29, 1.82) is 0 Å². The first-order valence-corrected chi connectivity index (χ1v) is 6.89. The number of nitrogens with zero attached hydrogens (tertiary/aromatic N) is 4. The largest absolute Gasteiger partial charge is 0.300 e. The minimum atomic E-state index is 0.600. The molecule has 1 saturated heterocycles. The van der Waals surface area contributed by atoms with Crippen LogP contribution in [0, 0.1) is 0 Å². The van der Waals surface area contributed by atoms with Crippen molar-refractivity contribution in [2.45, 2.75) is 32.2 Å². The number of halogens is 1. The van der Waals surface area contributed by atoms with E-state index in [1.807, 2.05) is 18.3 Å². The van der Waals surface area contributed by atoms with Crippen LogP contribution in [0.2, 0.25) is 5.02 Å². The summed E-state index contributed by atoms with van der Waals surface area (Å²) in [6.07, 6.45) is 5.34. The lowest BCUT2D eigenvalue weighted by molar-refractivity contribution is 0.263. The van der Waals surface area contributed by atoms with Gasteiger partial charge in [-0.25, -0.2) is 9.50 Å². The molecule has 1 aliphatic heterocycles. The van der Waals surface area contributed by atoms with Crippen molar-refractivity contribution in [2.24, 2.45) is 0 Å². The van der Waals surface area contributed by atoms with Gasteiger partial charge in [0.2, 0.25) is 0 Å². The summed E-state index contributed by atoms with van der Waals surface area (Å²) in [5.41, 5.74) is 0.832. The first-order valence-electron chi connectivity index (χ1n) is 6.51. The lowest BCUT2D eigenvalue weighted by atomic mass is 10.1. The van der Waals surface area contributed by atoms with E-state index in [0.29, 0.717) is 11.1 Å². The van der Waals surface area contributed by atoms with E-state index in [0.717, 1.165) is 24.4 Å². The smallest absolute Gasteiger partial charge is 0.157 e. The summed E-state index contributed by atoms with van der Waals surface area (Å²) < 4.78 is 1.80. The zero-order valence-electron chi connectivity index (χ0n) is 10.5. The maximum Gasteiger partial charge on any atom is 0.157 e. The van der Waals surface area contributed by atoms with Gasteiger partial charge in [0.25, 0.3) is 0 Å². The van der Waals surface area contributed by atoms with E-state index in [9.17, 15) is 0 Å². The second-order valence-corrected chi connectivity index (χ2v) is 5.24. The molecule has 1 fully saturated rings. The molecule has 96 valence electrons. The van der Waals surface area contributed by atoms with Crippen LogP contribution in [0.5, 0.6) is 0 Å². The quantitative estimate of drug-likeness (QED) is 0.854. The number of aromatic nitrogens is 3.